The van der Waals surface area contributed by atoms with Crippen molar-refractivity contribution in [3.8, 4) is 5.75 Å². The number of benzene rings is 2. The third-order valence-corrected chi connectivity index (χ3v) is 4.10. The second-order valence-electron chi connectivity index (χ2n) is 5.92. The molecule has 0 fully saturated rings. The maximum absolute atomic E-state index is 12.5. The summed E-state index contributed by atoms with van der Waals surface area (Å²) in [5, 5.41) is 2.95. The lowest BCUT2D eigenvalue weighted by atomic mass is 9.98. The molecule has 2 aromatic carbocycles. The van der Waals surface area contributed by atoms with E-state index >= 15 is 0 Å². The zero-order valence-corrected chi connectivity index (χ0v) is 14.7. The summed E-state index contributed by atoms with van der Waals surface area (Å²) in [5.74, 6) is 0.366. The fourth-order valence-electron chi connectivity index (χ4n) is 2.73. The van der Waals surface area contributed by atoms with E-state index in [9.17, 15) is 14.4 Å². The largest absolute Gasteiger partial charge is 0.497 e. The van der Waals surface area contributed by atoms with Crippen molar-refractivity contribution in [1.29, 1.82) is 0 Å². The van der Waals surface area contributed by atoms with Crippen LogP contribution in [0.25, 0.3) is 0 Å². The van der Waals surface area contributed by atoms with E-state index in [0.29, 0.717) is 0 Å². The van der Waals surface area contributed by atoms with Gasteiger partial charge in [-0.25, -0.2) is 4.79 Å². The number of hydrogen-bond acceptors (Lipinski definition) is 4. The van der Waals surface area contributed by atoms with Crippen molar-refractivity contribution < 1.29 is 9.53 Å². The number of aromatic nitrogens is 2. The zero-order valence-electron chi connectivity index (χ0n) is 14.7. The molecule has 0 aliphatic carbocycles. The van der Waals surface area contributed by atoms with E-state index < -0.39 is 11.2 Å². The quantitative estimate of drug-likeness (QED) is 0.691. The van der Waals surface area contributed by atoms with Crippen LogP contribution in [0.1, 0.15) is 17.2 Å². The van der Waals surface area contributed by atoms with Crippen LogP contribution in [-0.2, 0) is 11.3 Å². The molecule has 0 saturated heterocycles. The Labute approximate surface area is 155 Å². The fraction of sp³-hybridized carbons (Fsp3) is 0.150. The Kier molecular flexibility index (Phi) is 5.51. The summed E-state index contributed by atoms with van der Waals surface area (Å²) in [4.78, 5) is 37.6. The van der Waals surface area contributed by atoms with E-state index in [4.69, 9.17) is 4.74 Å². The Balaban J connectivity index is 1.85. The van der Waals surface area contributed by atoms with E-state index in [0.717, 1.165) is 21.4 Å². The highest BCUT2D eigenvalue weighted by Gasteiger charge is 2.17. The minimum Gasteiger partial charge on any atom is -0.497 e. The van der Waals surface area contributed by atoms with Crippen LogP contribution in [0.2, 0.25) is 0 Å². The van der Waals surface area contributed by atoms with Crippen LogP contribution >= 0.6 is 0 Å². The molecule has 7 nitrogen and oxygen atoms in total. The fourth-order valence-corrected chi connectivity index (χ4v) is 2.73. The minimum absolute atomic E-state index is 0.199. The Hall–Kier alpha value is -3.61. The second kappa shape index (κ2) is 8.18. The van der Waals surface area contributed by atoms with Gasteiger partial charge in [-0.3, -0.25) is 19.1 Å². The van der Waals surface area contributed by atoms with Gasteiger partial charge < -0.3 is 10.1 Å². The molecular formula is C20H19N3O4. The highest BCUT2D eigenvalue weighted by atomic mass is 16.5. The summed E-state index contributed by atoms with van der Waals surface area (Å²) < 4.78 is 6.33. The molecule has 1 aromatic heterocycles. The van der Waals surface area contributed by atoms with Crippen molar-refractivity contribution in [1.82, 2.24) is 14.9 Å². The van der Waals surface area contributed by atoms with Crippen LogP contribution in [0.4, 0.5) is 0 Å². The lowest BCUT2D eigenvalue weighted by Crippen LogP contribution is -2.37. The average molecular weight is 365 g/mol. The molecule has 1 unspecified atom stereocenters. The third kappa shape index (κ3) is 4.52. The normalized spacial score (nSPS) is 11.6. The van der Waals surface area contributed by atoms with E-state index in [1.54, 1.807) is 7.11 Å². The first-order valence-corrected chi connectivity index (χ1v) is 8.35. The number of methoxy groups -OCH3 is 1. The van der Waals surface area contributed by atoms with Crippen molar-refractivity contribution >= 4 is 5.91 Å². The van der Waals surface area contributed by atoms with Gasteiger partial charge in [-0.05, 0) is 23.3 Å². The maximum atomic E-state index is 12.5. The number of aromatic amines is 1. The number of nitrogens with one attached hydrogen (secondary N) is 2. The SMILES string of the molecule is COc1ccc(C(NC(=O)Cn2ccc(=O)[nH]c2=O)c2ccccc2)cc1. The van der Waals surface area contributed by atoms with Gasteiger partial charge in [0.05, 0.1) is 13.2 Å². The third-order valence-electron chi connectivity index (χ3n) is 4.10. The summed E-state index contributed by atoms with van der Waals surface area (Å²) in [5.41, 5.74) is 0.657. The molecule has 7 heteroatoms. The van der Waals surface area contributed by atoms with E-state index in [1.165, 1.54) is 12.3 Å². The van der Waals surface area contributed by atoms with Crippen LogP contribution in [0.5, 0.6) is 5.75 Å². The Bertz CT molecular complexity index is 1020. The first kappa shape index (κ1) is 18.2. The number of rotatable bonds is 6. The molecule has 0 spiro atoms. The Morgan fingerprint density at radius 1 is 1.04 bits per heavy atom. The maximum Gasteiger partial charge on any atom is 0.328 e. The van der Waals surface area contributed by atoms with Crippen LogP contribution in [0, 0.1) is 0 Å². The topological polar surface area (TPSA) is 93.2 Å². The molecule has 0 radical (unpaired) electrons. The van der Waals surface area contributed by atoms with Gasteiger partial charge in [0.1, 0.15) is 12.3 Å². The van der Waals surface area contributed by atoms with Crippen molar-refractivity contribution in [2.45, 2.75) is 12.6 Å². The predicted octanol–water partition coefficient (Wildman–Crippen LogP) is 1.45. The van der Waals surface area contributed by atoms with E-state index in [2.05, 4.69) is 10.3 Å². The lowest BCUT2D eigenvalue weighted by Gasteiger charge is -2.20. The van der Waals surface area contributed by atoms with Gasteiger partial charge >= 0.3 is 5.69 Å². The first-order chi connectivity index (χ1) is 13.1. The molecule has 2 N–H and O–H groups in total. The van der Waals surface area contributed by atoms with Crippen molar-refractivity contribution in [2.75, 3.05) is 7.11 Å². The number of H-pyrrole nitrogens is 1. The number of hydrogen-bond donors (Lipinski definition) is 2. The van der Waals surface area contributed by atoms with Crippen molar-refractivity contribution in [2.24, 2.45) is 0 Å². The minimum atomic E-state index is -0.627. The van der Waals surface area contributed by atoms with Crippen molar-refractivity contribution in [3.05, 3.63) is 98.8 Å². The summed E-state index contributed by atoms with van der Waals surface area (Å²) in [6.07, 6.45) is 1.30. The van der Waals surface area contributed by atoms with E-state index in [1.807, 2.05) is 54.6 Å². The standard InChI is InChI=1S/C20H19N3O4/c1-27-16-9-7-15(8-10-16)19(14-5-3-2-4-6-14)21-18(25)13-23-12-11-17(24)22-20(23)26/h2-12,19H,13H2,1H3,(H,21,25)(H,22,24,26). The molecule has 1 amide bonds. The number of nitrogens with zero attached hydrogens (tertiary/aromatic N) is 1. The van der Waals surface area contributed by atoms with Crippen LogP contribution in [0.15, 0.2) is 76.4 Å². The van der Waals surface area contributed by atoms with Gasteiger partial charge in [0, 0.05) is 12.3 Å². The van der Waals surface area contributed by atoms with Crippen LogP contribution in [-0.4, -0.2) is 22.6 Å². The van der Waals surface area contributed by atoms with Gasteiger partial charge in [-0.2, -0.15) is 0 Å². The predicted molar refractivity (Wildman–Crippen MR) is 101 cm³/mol. The summed E-state index contributed by atoms with van der Waals surface area (Å²) in [6.45, 7) is -0.199. The van der Waals surface area contributed by atoms with Gasteiger partial charge in [-0.15, -0.1) is 0 Å². The van der Waals surface area contributed by atoms with Crippen LogP contribution < -0.4 is 21.3 Å². The molecule has 3 rings (SSSR count). The molecule has 0 saturated carbocycles. The molecule has 138 valence electrons. The van der Waals surface area contributed by atoms with Gasteiger partial charge in [0.15, 0.2) is 0 Å². The highest BCUT2D eigenvalue weighted by molar-refractivity contribution is 5.76. The van der Waals surface area contributed by atoms with Gasteiger partial charge in [0.25, 0.3) is 5.56 Å². The molecule has 0 aliphatic rings. The molecule has 0 aliphatic heterocycles. The number of amides is 1. The lowest BCUT2D eigenvalue weighted by molar-refractivity contribution is -0.122. The number of ether oxygens (including phenoxy) is 1. The van der Waals surface area contributed by atoms with Gasteiger partial charge in [0.2, 0.25) is 5.91 Å². The first-order valence-electron chi connectivity index (χ1n) is 8.35. The molecule has 3 aromatic rings. The summed E-state index contributed by atoms with van der Waals surface area (Å²) in [7, 11) is 1.59. The molecule has 1 heterocycles. The monoisotopic (exact) mass is 365 g/mol. The highest BCUT2D eigenvalue weighted by Crippen LogP contribution is 2.24. The second-order valence-corrected chi connectivity index (χ2v) is 5.92. The summed E-state index contributed by atoms with van der Waals surface area (Å²) in [6, 6.07) is 17.7. The van der Waals surface area contributed by atoms with E-state index in [-0.39, 0.29) is 18.5 Å². The average Bonchev–Trinajstić information content (AvgIpc) is 2.69. The molecule has 0 bridgehead atoms. The summed E-state index contributed by atoms with van der Waals surface area (Å²) >= 11 is 0. The Morgan fingerprint density at radius 3 is 2.33 bits per heavy atom. The van der Waals surface area contributed by atoms with Gasteiger partial charge in [-0.1, -0.05) is 42.5 Å². The number of carbonyl (C=O) groups is 1. The smallest absolute Gasteiger partial charge is 0.328 e. The molecular weight excluding hydrogens is 346 g/mol. The number of carbonyl (C=O) groups excluding carboxylic acids is 1. The Morgan fingerprint density at radius 2 is 1.70 bits per heavy atom. The zero-order chi connectivity index (χ0) is 19.2. The molecule has 1 atom stereocenters. The van der Waals surface area contributed by atoms with Crippen LogP contribution in [0.3, 0.4) is 0 Å². The molecule has 27 heavy (non-hydrogen) atoms. The van der Waals surface area contributed by atoms with Crippen molar-refractivity contribution in [3.63, 3.8) is 0 Å².